The van der Waals surface area contributed by atoms with E-state index in [9.17, 15) is 0 Å². The summed E-state index contributed by atoms with van der Waals surface area (Å²) < 4.78 is 0. The molecule has 0 saturated heterocycles. The predicted molar refractivity (Wildman–Crippen MR) is 224 cm³/mol. The largest absolute Gasteiger partial charge is 0.310 e. The number of rotatable bonds is 23. The molecule has 49 heavy (non-hydrogen) atoms. The van der Waals surface area contributed by atoms with Crippen molar-refractivity contribution in [3.8, 4) is 0 Å². The Kier molecular flexibility index (Phi) is 23.6. The SMILES string of the molecule is C=CC=C(/C=C\C=C)/C(C=C)=C(/C=C(C(=C)C(/C=C\C=C)=C/C=C)/C(/C=C\C=C)=C/C=C)N(C(/C=C\C=C)=C/C=C)C(/C=C\C)=C/C=C\C. The fraction of sp³-hybridized carbons (Fsp3) is 0.0417. The molecule has 0 aromatic carbocycles. The average Bonchev–Trinajstić information content (AvgIpc) is 3.10. The molecule has 0 heterocycles. The van der Waals surface area contributed by atoms with Gasteiger partial charge in [-0.3, -0.25) is 0 Å². The first-order valence-electron chi connectivity index (χ1n) is 15.9. The molecule has 0 aromatic heterocycles. The summed E-state index contributed by atoms with van der Waals surface area (Å²) in [5.74, 6) is 0. The van der Waals surface area contributed by atoms with Crippen LogP contribution in [0.15, 0.2) is 280 Å². The smallest absolute Gasteiger partial charge is 0.0546 e. The summed E-state index contributed by atoms with van der Waals surface area (Å²) in [6.45, 7) is 44.5. The molecule has 0 aromatic rings. The van der Waals surface area contributed by atoms with E-state index < -0.39 is 0 Å². The molecular formula is C48H53N. The maximum absolute atomic E-state index is 4.60. The lowest BCUT2D eigenvalue weighted by molar-refractivity contribution is 0.573. The molecule has 0 rings (SSSR count). The molecule has 0 spiro atoms. The maximum Gasteiger partial charge on any atom is 0.0546 e. The third-order valence-electron chi connectivity index (χ3n) is 6.43. The van der Waals surface area contributed by atoms with Gasteiger partial charge in [-0.05, 0) is 72.1 Å². The summed E-state index contributed by atoms with van der Waals surface area (Å²) in [6.07, 6.45) is 51.1. The van der Waals surface area contributed by atoms with Crippen LogP contribution in [-0.2, 0) is 0 Å². The Morgan fingerprint density at radius 2 is 0.918 bits per heavy atom. The van der Waals surface area contributed by atoms with Crippen LogP contribution in [0.4, 0.5) is 0 Å². The minimum Gasteiger partial charge on any atom is -0.310 e. The van der Waals surface area contributed by atoms with Crippen LogP contribution < -0.4 is 0 Å². The van der Waals surface area contributed by atoms with E-state index in [2.05, 4.69) is 76.8 Å². The Hall–Kier alpha value is -6.18. The van der Waals surface area contributed by atoms with Gasteiger partial charge >= 0.3 is 0 Å². The molecule has 250 valence electrons. The van der Waals surface area contributed by atoms with E-state index in [0.29, 0.717) is 0 Å². The average molecular weight is 644 g/mol. The zero-order chi connectivity index (χ0) is 36.9. The van der Waals surface area contributed by atoms with Crippen LogP contribution in [0.1, 0.15) is 13.8 Å². The molecule has 0 bridgehead atoms. The monoisotopic (exact) mass is 643 g/mol. The predicted octanol–water partition coefficient (Wildman–Crippen LogP) is 13.6. The quantitative estimate of drug-likeness (QED) is 0.100. The molecule has 1 nitrogen and oxygen atoms in total. The first-order valence-corrected chi connectivity index (χ1v) is 15.9. The Labute approximate surface area is 298 Å². The van der Waals surface area contributed by atoms with Crippen LogP contribution in [0.3, 0.4) is 0 Å². The Bertz CT molecular complexity index is 1660. The molecule has 1 heteroatoms. The molecule has 0 aliphatic heterocycles. The molecule has 0 fully saturated rings. The van der Waals surface area contributed by atoms with Crippen LogP contribution >= 0.6 is 0 Å². The molecule has 0 atom stereocenters. The molecule has 0 aliphatic carbocycles. The highest BCUT2D eigenvalue weighted by Gasteiger charge is 2.21. The van der Waals surface area contributed by atoms with Crippen LogP contribution in [0.2, 0.25) is 0 Å². The third kappa shape index (κ3) is 14.9. The van der Waals surface area contributed by atoms with Crippen molar-refractivity contribution in [1.29, 1.82) is 0 Å². The van der Waals surface area contributed by atoms with Gasteiger partial charge in [-0.1, -0.05) is 199 Å². The van der Waals surface area contributed by atoms with Gasteiger partial charge in [0.2, 0.25) is 0 Å². The van der Waals surface area contributed by atoms with E-state index >= 15 is 0 Å². The van der Waals surface area contributed by atoms with Gasteiger partial charge in [-0.2, -0.15) is 0 Å². The first-order chi connectivity index (χ1) is 23.8. The van der Waals surface area contributed by atoms with Gasteiger partial charge in [0, 0.05) is 17.0 Å². The van der Waals surface area contributed by atoms with Gasteiger partial charge in [-0.15, -0.1) is 0 Å². The van der Waals surface area contributed by atoms with E-state index in [1.54, 1.807) is 48.6 Å². The summed E-state index contributed by atoms with van der Waals surface area (Å²) in [7, 11) is 0. The van der Waals surface area contributed by atoms with Gasteiger partial charge in [-0.25, -0.2) is 0 Å². The van der Waals surface area contributed by atoms with Gasteiger partial charge in [0.15, 0.2) is 0 Å². The number of hydrogen-bond acceptors (Lipinski definition) is 1. The van der Waals surface area contributed by atoms with Crippen LogP contribution in [-0.4, -0.2) is 4.90 Å². The first kappa shape index (κ1) is 42.8. The summed E-state index contributed by atoms with van der Waals surface area (Å²) in [4.78, 5) is 2.14. The van der Waals surface area contributed by atoms with Crippen molar-refractivity contribution in [2.45, 2.75) is 13.8 Å². The van der Waals surface area contributed by atoms with Crippen molar-refractivity contribution in [1.82, 2.24) is 4.90 Å². The summed E-state index contributed by atoms with van der Waals surface area (Å²) in [5, 5.41) is 0. The minimum atomic E-state index is 0.734. The second kappa shape index (κ2) is 27.0. The lowest BCUT2D eigenvalue weighted by Crippen LogP contribution is -2.22. The Balaban J connectivity index is 9.42. The van der Waals surface area contributed by atoms with Gasteiger partial charge in [0.1, 0.15) is 0 Å². The van der Waals surface area contributed by atoms with Gasteiger partial charge in [0.25, 0.3) is 0 Å². The van der Waals surface area contributed by atoms with E-state index in [0.717, 1.165) is 50.5 Å². The van der Waals surface area contributed by atoms with Crippen molar-refractivity contribution in [3.63, 3.8) is 0 Å². The highest BCUT2D eigenvalue weighted by molar-refractivity contribution is 5.66. The standard InChI is InChI=1S/C48H53N/c1-13-24-34-41(29-18-6)40(12)47(43(31-20-8)36-26-15-3)39-48(46(23-11)42(30-19-7)35-25-14-2)49(44(32-21-9)37-27-16-4)45(33-22-10)38-28-17-5/h13-39H,1-4,6-9,11-12H2,5,10H3/b28-17-,33-22-,34-24-,35-25-,36-26-,37-27-,41-29+,42-30?,43-31+,44-32+,45-38+,47-39+,48-46-. The molecule has 0 unspecified atom stereocenters. The topological polar surface area (TPSA) is 3.24 Å². The van der Waals surface area contributed by atoms with Crippen LogP contribution in [0.25, 0.3) is 0 Å². The van der Waals surface area contributed by atoms with Gasteiger partial charge < -0.3 is 4.90 Å². The highest BCUT2D eigenvalue weighted by Crippen LogP contribution is 2.35. The zero-order valence-electron chi connectivity index (χ0n) is 29.6. The van der Waals surface area contributed by atoms with Crippen LogP contribution in [0, 0.1) is 0 Å². The summed E-state index contributed by atoms with van der Waals surface area (Å²) >= 11 is 0. The number of allylic oxidation sites excluding steroid dienone is 33. The molecule has 0 amide bonds. The molecule has 0 radical (unpaired) electrons. The summed E-state index contributed by atoms with van der Waals surface area (Å²) in [6, 6.07) is 0. The van der Waals surface area contributed by atoms with E-state index in [-0.39, 0.29) is 0 Å². The Morgan fingerprint density at radius 1 is 0.449 bits per heavy atom. The fourth-order valence-electron chi connectivity index (χ4n) is 4.38. The number of hydrogen-bond donors (Lipinski definition) is 0. The Morgan fingerprint density at radius 3 is 1.41 bits per heavy atom. The molecule has 0 saturated carbocycles. The number of nitrogens with zero attached hydrogens (tertiary/aromatic N) is 1. The lowest BCUT2D eigenvalue weighted by atomic mass is 9.89. The van der Waals surface area contributed by atoms with Crippen molar-refractivity contribution < 1.29 is 0 Å². The van der Waals surface area contributed by atoms with E-state index in [1.165, 1.54) is 0 Å². The zero-order valence-corrected chi connectivity index (χ0v) is 29.6. The third-order valence-corrected chi connectivity index (χ3v) is 6.43. The molecule has 0 aliphatic rings. The normalized spacial score (nSPS) is 14.5. The van der Waals surface area contributed by atoms with Gasteiger partial charge in [0.05, 0.1) is 5.70 Å². The maximum atomic E-state index is 4.60. The lowest BCUT2D eigenvalue weighted by Gasteiger charge is -2.31. The highest BCUT2D eigenvalue weighted by atomic mass is 15.2. The fourth-order valence-corrected chi connectivity index (χ4v) is 4.38. The van der Waals surface area contributed by atoms with Crippen molar-refractivity contribution >= 4 is 0 Å². The van der Waals surface area contributed by atoms with Crippen molar-refractivity contribution in [2.24, 2.45) is 0 Å². The summed E-state index contributed by atoms with van der Waals surface area (Å²) in [5.41, 5.74) is 7.35. The second-order valence-corrected chi connectivity index (χ2v) is 9.77. The second-order valence-electron chi connectivity index (χ2n) is 9.77. The van der Waals surface area contributed by atoms with E-state index in [4.69, 9.17) is 0 Å². The minimum absolute atomic E-state index is 0.734. The molecular weight excluding hydrogens is 591 g/mol. The van der Waals surface area contributed by atoms with E-state index in [1.807, 2.05) is 123 Å². The van der Waals surface area contributed by atoms with Crippen molar-refractivity contribution in [3.05, 3.63) is 280 Å². The van der Waals surface area contributed by atoms with Crippen LogP contribution in [0.5, 0.6) is 0 Å². The molecule has 0 N–H and O–H groups in total. The van der Waals surface area contributed by atoms with Crippen molar-refractivity contribution in [2.75, 3.05) is 0 Å².